The average Bonchev–Trinajstić information content (AvgIpc) is 3.00. The van der Waals surface area contributed by atoms with E-state index >= 15 is 0 Å². The number of benzene rings is 5. The van der Waals surface area contributed by atoms with Crippen LogP contribution in [-0.4, -0.2) is 5.97 Å². The predicted molar refractivity (Wildman–Crippen MR) is 161 cm³/mol. The second-order valence-electron chi connectivity index (χ2n) is 10.3. The number of allylic oxidation sites excluding steroid dienone is 1. The third kappa shape index (κ3) is 5.54. The van der Waals surface area contributed by atoms with Gasteiger partial charge in [-0.1, -0.05) is 90.5 Å². The van der Waals surface area contributed by atoms with Crippen molar-refractivity contribution in [2.24, 2.45) is 5.73 Å². The summed E-state index contributed by atoms with van der Waals surface area (Å²) in [7, 11) is 0. The molecule has 1 atom stereocenters. The molecular formula is C36H28N2O4. The lowest BCUT2D eigenvalue weighted by atomic mass is 9.83. The van der Waals surface area contributed by atoms with Crippen LogP contribution in [0.5, 0.6) is 17.2 Å². The minimum Gasteiger partial charge on any atom is -0.489 e. The second-order valence-corrected chi connectivity index (χ2v) is 10.3. The van der Waals surface area contributed by atoms with Gasteiger partial charge in [-0.25, -0.2) is 0 Å². The van der Waals surface area contributed by atoms with Gasteiger partial charge in [0.25, 0.3) is 0 Å². The zero-order valence-electron chi connectivity index (χ0n) is 23.0. The highest BCUT2D eigenvalue weighted by Crippen LogP contribution is 2.43. The van der Waals surface area contributed by atoms with E-state index in [9.17, 15) is 10.1 Å². The third-order valence-electron chi connectivity index (χ3n) is 7.38. The summed E-state index contributed by atoms with van der Waals surface area (Å²) in [6.45, 7) is 2.51. The number of nitrogens with two attached hydrogens (primary N) is 1. The summed E-state index contributed by atoms with van der Waals surface area (Å²) >= 11 is 0. The molecule has 0 aromatic heterocycles. The molecule has 5 aromatic carbocycles. The van der Waals surface area contributed by atoms with Crippen LogP contribution in [0.1, 0.15) is 33.7 Å². The van der Waals surface area contributed by atoms with Gasteiger partial charge in [-0.05, 0) is 52.6 Å². The lowest BCUT2D eigenvalue weighted by Crippen LogP contribution is -2.21. The summed E-state index contributed by atoms with van der Waals surface area (Å²) in [6, 6.07) is 37.0. The van der Waals surface area contributed by atoms with E-state index in [1.165, 1.54) is 5.56 Å². The molecule has 1 heterocycles. The molecule has 6 heteroatoms. The molecule has 0 amide bonds. The summed E-state index contributed by atoms with van der Waals surface area (Å²) in [5.41, 5.74) is 11.3. The number of carbonyl (C=O) groups is 1. The van der Waals surface area contributed by atoms with Crippen LogP contribution in [-0.2, 0) is 17.8 Å². The Labute approximate surface area is 244 Å². The smallest absolute Gasteiger partial charge is 0.315 e. The van der Waals surface area contributed by atoms with Gasteiger partial charge in [0.1, 0.15) is 35.5 Å². The van der Waals surface area contributed by atoms with E-state index in [0.717, 1.165) is 38.8 Å². The molecule has 0 radical (unpaired) electrons. The molecule has 0 saturated heterocycles. The number of fused-ring (bicyclic) bond motifs is 2. The highest BCUT2D eigenvalue weighted by Gasteiger charge is 2.31. The van der Waals surface area contributed by atoms with Gasteiger partial charge < -0.3 is 19.9 Å². The van der Waals surface area contributed by atoms with Crippen molar-refractivity contribution in [3.8, 4) is 23.3 Å². The second kappa shape index (κ2) is 11.5. The van der Waals surface area contributed by atoms with Gasteiger partial charge in [0, 0.05) is 11.6 Å². The van der Waals surface area contributed by atoms with Gasteiger partial charge in [-0.3, -0.25) is 4.79 Å². The lowest BCUT2D eigenvalue weighted by molar-refractivity contribution is -0.133. The van der Waals surface area contributed by atoms with Crippen LogP contribution in [0.4, 0.5) is 0 Å². The van der Waals surface area contributed by atoms with Gasteiger partial charge in [0.2, 0.25) is 5.88 Å². The SMILES string of the molecule is Cc1ccc(COc2ccc(C3C(C#N)=C(N)Oc4cc(OC(=O)Cc5cccc6ccccc56)ccc43)cc2)cc1. The molecule has 0 bridgehead atoms. The molecule has 42 heavy (non-hydrogen) atoms. The van der Waals surface area contributed by atoms with E-state index in [2.05, 4.69) is 25.1 Å². The fourth-order valence-corrected chi connectivity index (χ4v) is 5.22. The molecule has 6 nitrogen and oxygen atoms in total. The average molecular weight is 553 g/mol. The van der Waals surface area contributed by atoms with Crippen molar-refractivity contribution in [1.29, 1.82) is 5.26 Å². The largest absolute Gasteiger partial charge is 0.489 e. The minimum atomic E-state index is -0.440. The van der Waals surface area contributed by atoms with E-state index in [1.807, 2.05) is 84.9 Å². The number of nitriles is 1. The Morgan fingerprint density at radius 2 is 1.64 bits per heavy atom. The summed E-state index contributed by atoms with van der Waals surface area (Å²) in [5.74, 6) is 0.688. The topological polar surface area (TPSA) is 94.6 Å². The number of ether oxygens (including phenoxy) is 3. The molecule has 0 fully saturated rings. The van der Waals surface area contributed by atoms with Crippen molar-refractivity contribution in [2.45, 2.75) is 25.9 Å². The maximum absolute atomic E-state index is 12.9. The molecular weight excluding hydrogens is 524 g/mol. The molecule has 0 spiro atoms. The zero-order valence-corrected chi connectivity index (χ0v) is 23.0. The first-order valence-electron chi connectivity index (χ1n) is 13.7. The van der Waals surface area contributed by atoms with Crippen LogP contribution in [0.15, 0.2) is 121 Å². The molecule has 1 unspecified atom stereocenters. The number of hydrogen-bond donors (Lipinski definition) is 1. The van der Waals surface area contributed by atoms with Crippen molar-refractivity contribution >= 4 is 16.7 Å². The van der Waals surface area contributed by atoms with E-state index < -0.39 is 5.92 Å². The highest BCUT2D eigenvalue weighted by molar-refractivity contribution is 5.89. The van der Waals surface area contributed by atoms with Crippen molar-refractivity contribution in [2.75, 3.05) is 0 Å². The first-order chi connectivity index (χ1) is 20.5. The summed E-state index contributed by atoms with van der Waals surface area (Å²) in [5, 5.41) is 12.0. The van der Waals surface area contributed by atoms with Crippen LogP contribution in [0.2, 0.25) is 0 Å². The third-order valence-corrected chi connectivity index (χ3v) is 7.38. The van der Waals surface area contributed by atoms with Crippen LogP contribution in [0, 0.1) is 18.3 Å². The van der Waals surface area contributed by atoms with Gasteiger partial charge >= 0.3 is 5.97 Å². The quantitative estimate of drug-likeness (QED) is 0.171. The number of nitrogens with zero attached hydrogens (tertiary/aromatic N) is 1. The first-order valence-corrected chi connectivity index (χ1v) is 13.7. The Morgan fingerprint density at radius 1 is 0.905 bits per heavy atom. The number of rotatable bonds is 7. The van der Waals surface area contributed by atoms with E-state index in [1.54, 1.807) is 12.1 Å². The monoisotopic (exact) mass is 552 g/mol. The Bertz CT molecular complexity index is 1850. The van der Waals surface area contributed by atoms with Gasteiger partial charge in [-0.15, -0.1) is 0 Å². The van der Waals surface area contributed by atoms with Crippen LogP contribution in [0.25, 0.3) is 10.8 Å². The number of hydrogen-bond acceptors (Lipinski definition) is 6. The van der Waals surface area contributed by atoms with Gasteiger partial charge in [0.05, 0.1) is 12.3 Å². The van der Waals surface area contributed by atoms with Gasteiger partial charge in [0.15, 0.2) is 0 Å². The maximum Gasteiger partial charge on any atom is 0.315 e. The van der Waals surface area contributed by atoms with Crippen molar-refractivity contribution < 1.29 is 19.0 Å². The molecule has 0 aliphatic carbocycles. The van der Waals surface area contributed by atoms with Crippen molar-refractivity contribution in [3.63, 3.8) is 0 Å². The van der Waals surface area contributed by atoms with Crippen LogP contribution in [0.3, 0.4) is 0 Å². The fraction of sp³-hybridized carbons (Fsp3) is 0.111. The summed E-state index contributed by atoms with van der Waals surface area (Å²) in [4.78, 5) is 12.9. The molecule has 6 rings (SSSR count). The van der Waals surface area contributed by atoms with Gasteiger partial charge in [-0.2, -0.15) is 5.26 Å². The van der Waals surface area contributed by atoms with E-state index in [4.69, 9.17) is 19.9 Å². The molecule has 2 N–H and O–H groups in total. The molecule has 5 aromatic rings. The Balaban J connectivity index is 1.20. The predicted octanol–water partition coefficient (Wildman–Crippen LogP) is 7.09. The molecule has 206 valence electrons. The highest BCUT2D eigenvalue weighted by atomic mass is 16.5. The zero-order chi connectivity index (χ0) is 29.1. The number of aryl methyl sites for hydroxylation is 1. The maximum atomic E-state index is 12.9. The van der Waals surface area contributed by atoms with E-state index in [0.29, 0.717) is 23.7 Å². The van der Waals surface area contributed by atoms with Crippen LogP contribution >= 0.6 is 0 Å². The van der Waals surface area contributed by atoms with Crippen molar-refractivity contribution in [1.82, 2.24) is 0 Å². The molecule has 1 aliphatic heterocycles. The first kappa shape index (κ1) is 26.7. The Kier molecular flexibility index (Phi) is 7.32. The van der Waals surface area contributed by atoms with Crippen molar-refractivity contribution in [3.05, 3.63) is 148 Å². The Hall–Kier alpha value is -5.54. The minimum absolute atomic E-state index is 0.0222. The number of carbonyl (C=O) groups excluding carboxylic acids is 1. The van der Waals surface area contributed by atoms with Crippen LogP contribution < -0.4 is 19.9 Å². The lowest BCUT2D eigenvalue weighted by Gasteiger charge is -2.27. The fourth-order valence-electron chi connectivity index (χ4n) is 5.22. The normalized spacial score (nSPS) is 14.0. The van der Waals surface area contributed by atoms with E-state index in [-0.39, 0.29) is 18.3 Å². The molecule has 1 aliphatic rings. The summed E-state index contributed by atoms with van der Waals surface area (Å²) < 4.78 is 17.5. The Morgan fingerprint density at radius 3 is 2.43 bits per heavy atom. The number of esters is 1. The summed E-state index contributed by atoms with van der Waals surface area (Å²) in [6.07, 6.45) is 0.126. The standard InChI is InChI=1S/C36H28N2O4/c1-23-9-11-24(12-10-23)22-40-28-15-13-26(14-16-28)35-31-18-17-29(20-33(31)42-36(38)32(35)21-37)41-34(39)19-27-7-4-6-25-5-2-3-8-30(25)27/h2-18,20,35H,19,22,38H2,1H3. The molecule has 0 saturated carbocycles.